The van der Waals surface area contributed by atoms with Gasteiger partial charge in [0.05, 0.1) is 0 Å². The summed E-state index contributed by atoms with van der Waals surface area (Å²) < 4.78 is 0. The topological polar surface area (TPSA) is 12.0 Å². The van der Waals surface area contributed by atoms with E-state index >= 15 is 0 Å². The van der Waals surface area contributed by atoms with Gasteiger partial charge in [0.25, 0.3) is 0 Å². The molecule has 1 N–H and O–H groups in total. The summed E-state index contributed by atoms with van der Waals surface area (Å²) in [6, 6.07) is 0. The Labute approximate surface area is 57.8 Å². The van der Waals surface area contributed by atoms with Crippen molar-refractivity contribution in [3.8, 4) is 0 Å². The first-order chi connectivity index (χ1) is 4.33. The number of hydrogen-bond acceptors (Lipinski definition) is 1. The van der Waals surface area contributed by atoms with E-state index in [1.807, 2.05) is 0 Å². The van der Waals surface area contributed by atoms with Crippen LogP contribution >= 0.6 is 0 Å². The second-order valence-electron chi connectivity index (χ2n) is 3.13. The van der Waals surface area contributed by atoms with Crippen molar-refractivity contribution in [3.05, 3.63) is 0 Å². The van der Waals surface area contributed by atoms with Crippen LogP contribution in [-0.4, -0.2) is 13.1 Å². The number of rotatable bonds is 2. The SMILES string of the molecule is CCC1(CC)CCNC1. The quantitative estimate of drug-likeness (QED) is 0.596. The van der Waals surface area contributed by atoms with E-state index in [1.165, 1.54) is 32.4 Å². The van der Waals surface area contributed by atoms with Crippen molar-refractivity contribution in [2.24, 2.45) is 5.41 Å². The zero-order valence-electron chi connectivity index (χ0n) is 6.54. The fourth-order valence-corrected chi connectivity index (χ4v) is 1.65. The van der Waals surface area contributed by atoms with Crippen molar-refractivity contribution in [3.63, 3.8) is 0 Å². The Hall–Kier alpha value is -0.0400. The standard InChI is InChI=1S/C8H17N/c1-3-8(4-2)5-6-9-7-8/h9H,3-7H2,1-2H3. The smallest absolute Gasteiger partial charge is 0.000808 e. The molecule has 1 heterocycles. The molecule has 0 spiro atoms. The first-order valence-corrected chi connectivity index (χ1v) is 4.04. The van der Waals surface area contributed by atoms with E-state index < -0.39 is 0 Å². The molecular weight excluding hydrogens is 110 g/mol. The van der Waals surface area contributed by atoms with Crippen LogP contribution in [0.2, 0.25) is 0 Å². The van der Waals surface area contributed by atoms with Crippen LogP contribution in [-0.2, 0) is 0 Å². The molecule has 1 aliphatic heterocycles. The monoisotopic (exact) mass is 127 g/mol. The van der Waals surface area contributed by atoms with Crippen LogP contribution < -0.4 is 5.32 Å². The molecule has 1 fully saturated rings. The van der Waals surface area contributed by atoms with E-state index in [-0.39, 0.29) is 0 Å². The van der Waals surface area contributed by atoms with Crippen LogP contribution in [0.4, 0.5) is 0 Å². The highest BCUT2D eigenvalue weighted by Gasteiger charge is 2.29. The molecule has 0 aliphatic carbocycles. The van der Waals surface area contributed by atoms with Crippen molar-refractivity contribution in [2.45, 2.75) is 33.1 Å². The van der Waals surface area contributed by atoms with Crippen molar-refractivity contribution >= 4 is 0 Å². The second kappa shape index (κ2) is 2.70. The molecule has 0 aromatic heterocycles. The zero-order chi connectivity index (χ0) is 6.74. The summed E-state index contributed by atoms with van der Waals surface area (Å²) in [6.45, 7) is 7.09. The van der Waals surface area contributed by atoms with Crippen molar-refractivity contribution in [2.75, 3.05) is 13.1 Å². The van der Waals surface area contributed by atoms with E-state index in [9.17, 15) is 0 Å². The predicted molar refractivity (Wildman–Crippen MR) is 40.5 cm³/mol. The Morgan fingerprint density at radius 1 is 1.33 bits per heavy atom. The summed E-state index contributed by atoms with van der Waals surface area (Å²) in [5.41, 5.74) is 0.667. The Morgan fingerprint density at radius 3 is 2.22 bits per heavy atom. The van der Waals surface area contributed by atoms with Crippen LogP contribution in [0, 0.1) is 5.41 Å². The third-order valence-corrected chi connectivity index (χ3v) is 2.83. The van der Waals surface area contributed by atoms with Gasteiger partial charge in [-0.25, -0.2) is 0 Å². The largest absolute Gasteiger partial charge is 0.316 e. The van der Waals surface area contributed by atoms with Gasteiger partial charge in [-0.3, -0.25) is 0 Å². The summed E-state index contributed by atoms with van der Waals surface area (Å²) in [4.78, 5) is 0. The van der Waals surface area contributed by atoms with Crippen LogP contribution in [0.1, 0.15) is 33.1 Å². The minimum absolute atomic E-state index is 0.667. The minimum Gasteiger partial charge on any atom is -0.316 e. The highest BCUT2D eigenvalue weighted by molar-refractivity contribution is 4.84. The molecule has 0 aromatic rings. The lowest BCUT2D eigenvalue weighted by Crippen LogP contribution is -2.21. The van der Waals surface area contributed by atoms with Gasteiger partial charge >= 0.3 is 0 Å². The Morgan fingerprint density at radius 2 is 2.00 bits per heavy atom. The van der Waals surface area contributed by atoms with Crippen molar-refractivity contribution in [1.29, 1.82) is 0 Å². The van der Waals surface area contributed by atoms with E-state index in [1.54, 1.807) is 0 Å². The van der Waals surface area contributed by atoms with E-state index in [0.29, 0.717) is 5.41 Å². The molecule has 1 aliphatic rings. The van der Waals surface area contributed by atoms with Crippen LogP contribution in [0.3, 0.4) is 0 Å². The predicted octanol–water partition coefficient (Wildman–Crippen LogP) is 1.79. The van der Waals surface area contributed by atoms with Gasteiger partial charge in [0.2, 0.25) is 0 Å². The second-order valence-corrected chi connectivity index (χ2v) is 3.13. The highest BCUT2D eigenvalue weighted by atomic mass is 14.9. The van der Waals surface area contributed by atoms with Gasteiger partial charge in [0.15, 0.2) is 0 Å². The average molecular weight is 127 g/mol. The van der Waals surface area contributed by atoms with Gasteiger partial charge in [-0.05, 0) is 31.2 Å². The van der Waals surface area contributed by atoms with Crippen LogP contribution in [0.5, 0.6) is 0 Å². The van der Waals surface area contributed by atoms with Crippen molar-refractivity contribution in [1.82, 2.24) is 5.32 Å². The normalized spacial score (nSPS) is 24.7. The highest BCUT2D eigenvalue weighted by Crippen LogP contribution is 2.32. The lowest BCUT2D eigenvalue weighted by molar-refractivity contribution is 0.297. The molecule has 0 saturated carbocycles. The Balaban J connectivity index is 2.45. The first-order valence-electron chi connectivity index (χ1n) is 4.04. The van der Waals surface area contributed by atoms with Gasteiger partial charge < -0.3 is 5.32 Å². The lowest BCUT2D eigenvalue weighted by atomic mass is 9.82. The summed E-state index contributed by atoms with van der Waals surface area (Å²) >= 11 is 0. The zero-order valence-corrected chi connectivity index (χ0v) is 6.54. The molecule has 0 unspecified atom stereocenters. The third-order valence-electron chi connectivity index (χ3n) is 2.83. The number of nitrogens with one attached hydrogen (secondary N) is 1. The minimum atomic E-state index is 0.667. The molecule has 0 bridgehead atoms. The first kappa shape index (κ1) is 7.07. The van der Waals surface area contributed by atoms with E-state index in [2.05, 4.69) is 19.2 Å². The number of hydrogen-bond donors (Lipinski definition) is 1. The summed E-state index contributed by atoms with van der Waals surface area (Å²) in [5, 5.41) is 3.42. The Kier molecular flexibility index (Phi) is 2.12. The van der Waals surface area contributed by atoms with Gasteiger partial charge in [-0.1, -0.05) is 13.8 Å². The van der Waals surface area contributed by atoms with Gasteiger partial charge in [-0.15, -0.1) is 0 Å². The Bertz CT molecular complexity index is 76.6. The van der Waals surface area contributed by atoms with Crippen LogP contribution in [0.15, 0.2) is 0 Å². The summed E-state index contributed by atoms with van der Waals surface area (Å²) in [6.07, 6.45) is 4.08. The average Bonchev–Trinajstić information content (AvgIpc) is 2.36. The van der Waals surface area contributed by atoms with Crippen LogP contribution in [0.25, 0.3) is 0 Å². The lowest BCUT2D eigenvalue weighted by Gasteiger charge is -2.23. The molecule has 54 valence electrons. The van der Waals surface area contributed by atoms with Gasteiger partial charge in [0, 0.05) is 6.54 Å². The molecule has 1 rings (SSSR count). The molecular formula is C8H17N. The molecule has 0 radical (unpaired) electrons. The molecule has 1 heteroatoms. The van der Waals surface area contributed by atoms with E-state index in [4.69, 9.17) is 0 Å². The molecule has 0 amide bonds. The summed E-state index contributed by atoms with van der Waals surface area (Å²) in [5.74, 6) is 0. The van der Waals surface area contributed by atoms with Gasteiger partial charge in [-0.2, -0.15) is 0 Å². The van der Waals surface area contributed by atoms with E-state index in [0.717, 1.165) is 0 Å². The van der Waals surface area contributed by atoms with Crippen molar-refractivity contribution < 1.29 is 0 Å². The molecule has 0 atom stereocenters. The molecule has 1 nitrogen and oxygen atoms in total. The fraction of sp³-hybridized carbons (Fsp3) is 1.00. The molecule has 1 saturated heterocycles. The molecule has 0 aromatic carbocycles. The maximum Gasteiger partial charge on any atom is 0.000808 e. The third kappa shape index (κ3) is 1.26. The van der Waals surface area contributed by atoms with Gasteiger partial charge in [0.1, 0.15) is 0 Å². The maximum atomic E-state index is 3.42. The maximum absolute atomic E-state index is 3.42. The molecule has 9 heavy (non-hydrogen) atoms. The fourth-order valence-electron chi connectivity index (χ4n) is 1.65. The summed E-state index contributed by atoms with van der Waals surface area (Å²) in [7, 11) is 0.